The number of anilines is 1. The summed E-state index contributed by atoms with van der Waals surface area (Å²) in [6.07, 6.45) is 1.92. The van der Waals surface area contributed by atoms with E-state index in [0.717, 1.165) is 40.6 Å². The molecule has 1 saturated heterocycles. The summed E-state index contributed by atoms with van der Waals surface area (Å²) >= 11 is 0. The van der Waals surface area contributed by atoms with Crippen molar-refractivity contribution in [2.45, 2.75) is 32.9 Å². The molecule has 30 heavy (non-hydrogen) atoms. The summed E-state index contributed by atoms with van der Waals surface area (Å²) in [5.41, 5.74) is 4.35. The number of aromatic hydroxyl groups is 1. The Balaban J connectivity index is 1.57. The van der Waals surface area contributed by atoms with Crippen LogP contribution < -0.4 is 10.2 Å². The van der Waals surface area contributed by atoms with Crippen LogP contribution in [0.15, 0.2) is 36.5 Å². The van der Waals surface area contributed by atoms with Gasteiger partial charge in [0.15, 0.2) is 5.82 Å². The molecule has 7 nitrogen and oxygen atoms in total. The molecule has 5 rings (SSSR count). The van der Waals surface area contributed by atoms with Crippen LogP contribution in [-0.2, 0) is 7.05 Å². The zero-order chi connectivity index (χ0) is 21.0. The molecule has 0 spiro atoms. The number of nitrogens with one attached hydrogen (secondary N) is 1. The van der Waals surface area contributed by atoms with E-state index in [-0.39, 0.29) is 5.75 Å². The first-order chi connectivity index (χ1) is 14.4. The molecule has 1 aliphatic rings. The fraction of sp³-hybridized carbons (Fsp3) is 0.348. The molecule has 0 radical (unpaired) electrons. The van der Waals surface area contributed by atoms with E-state index in [9.17, 15) is 5.11 Å². The summed E-state index contributed by atoms with van der Waals surface area (Å²) in [7, 11) is 1.87. The van der Waals surface area contributed by atoms with Gasteiger partial charge in [0.2, 0.25) is 0 Å². The number of hydrogen-bond donors (Lipinski definition) is 2. The highest BCUT2D eigenvalue weighted by Crippen LogP contribution is 2.33. The van der Waals surface area contributed by atoms with E-state index in [4.69, 9.17) is 9.97 Å². The maximum Gasteiger partial charge on any atom is 0.163 e. The molecule has 154 valence electrons. The van der Waals surface area contributed by atoms with E-state index in [2.05, 4.69) is 47.4 Å². The molecule has 0 unspecified atom stereocenters. The third-order valence-electron chi connectivity index (χ3n) is 5.77. The number of rotatable bonds is 2. The lowest BCUT2D eigenvalue weighted by atomic mass is 10.1. The second-order valence-electron chi connectivity index (χ2n) is 8.44. The zero-order valence-corrected chi connectivity index (χ0v) is 17.7. The Labute approximate surface area is 175 Å². The quantitative estimate of drug-likeness (QED) is 0.535. The van der Waals surface area contributed by atoms with Crippen LogP contribution in [0.1, 0.15) is 19.5 Å². The van der Waals surface area contributed by atoms with E-state index in [1.165, 1.54) is 5.69 Å². The van der Waals surface area contributed by atoms with Gasteiger partial charge in [-0.1, -0.05) is 0 Å². The lowest BCUT2D eigenvalue weighted by Gasteiger charge is -2.37. The van der Waals surface area contributed by atoms with Gasteiger partial charge in [-0.05, 0) is 45.0 Å². The normalized spacial score (nSPS) is 19.7. The number of nitrogens with zero attached hydrogens (tertiary/aromatic N) is 5. The van der Waals surface area contributed by atoms with Crippen molar-refractivity contribution in [2.24, 2.45) is 7.05 Å². The van der Waals surface area contributed by atoms with Gasteiger partial charge in [0.25, 0.3) is 0 Å². The standard InChI is InChI=1S/C23H26N6O/c1-13-10-29(11-14(2)24-13)17-5-6-20-18(8-17)15(3)25-23(26-20)19-7-16-12-28(4)27-21(16)9-22(19)30/h5-9,12-14,24,30H,10-11H2,1-4H3/t13-,14-/m1/s1. The molecule has 4 aromatic rings. The van der Waals surface area contributed by atoms with E-state index in [1.807, 2.05) is 26.2 Å². The maximum absolute atomic E-state index is 10.6. The minimum absolute atomic E-state index is 0.139. The van der Waals surface area contributed by atoms with Crippen LogP contribution >= 0.6 is 0 Å². The summed E-state index contributed by atoms with van der Waals surface area (Å²) in [5, 5.41) is 20.5. The van der Waals surface area contributed by atoms with Crippen LogP contribution in [0.3, 0.4) is 0 Å². The van der Waals surface area contributed by atoms with Gasteiger partial charge in [0, 0.05) is 66.6 Å². The SMILES string of the molecule is Cc1nc(-c2cc3cn(C)nc3cc2O)nc2ccc(N3C[C@@H](C)N[C@H](C)C3)cc12. The predicted octanol–water partition coefficient (Wildman–Crippen LogP) is 3.38. The number of aromatic nitrogens is 4. The molecule has 2 aromatic carbocycles. The molecule has 0 saturated carbocycles. The third kappa shape index (κ3) is 3.25. The third-order valence-corrected chi connectivity index (χ3v) is 5.77. The molecule has 0 aliphatic carbocycles. The first-order valence-electron chi connectivity index (χ1n) is 10.3. The number of benzene rings is 2. The smallest absolute Gasteiger partial charge is 0.163 e. The van der Waals surface area contributed by atoms with Crippen LogP contribution in [0.4, 0.5) is 5.69 Å². The number of aryl methyl sites for hydroxylation is 2. The van der Waals surface area contributed by atoms with Crippen molar-refractivity contribution >= 4 is 27.5 Å². The van der Waals surface area contributed by atoms with Crippen LogP contribution in [0.2, 0.25) is 0 Å². The topological polar surface area (TPSA) is 79.1 Å². The highest BCUT2D eigenvalue weighted by Gasteiger charge is 2.22. The van der Waals surface area contributed by atoms with Crippen molar-refractivity contribution in [1.29, 1.82) is 0 Å². The average molecular weight is 403 g/mol. The van der Waals surface area contributed by atoms with Crippen molar-refractivity contribution in [1.82, 2.24) is 25.1 Å². The van der Waals surface area contributed by atoms with Crippen molar-refractivity contribution in [3.8, 4) is 17.1 Å². The minimum Gasteiger partial charge on any atom is -0.507 e. The Morgan fingerprint density at radius 3 is 2.57 bits per heavy atom. The van der Waals surface area contributed by atoms with Crippen molar-refractivity contribution in [3.63, 3.8) is 0 Å². The number of phenols is 1. The summed E-state index contributed by atoms with van der Waals surface area (Å²) in [5.74, 6) is 0.667. The van der Waals surface area contributed by atoms with Gasteiger partial charge in [0.1, 0.15) is 5.75 Å². The average Bonchev–Trinajstić information content (AvgIpc) is 3.05. The molecule has 1 aliphatic heterocycles. The fourth-order valence-electron chi connectivity index (χ4n) is 4.49. The monoisotopic (exact) mass is 402 g/mol. The van der Waals surface area contributed by atoms with E-state index >= 15 is 0 Å². The first-order valence-corrected chi connectivity index (χ1v) is 10.3. The highest BCUT2D eigenvalue weighted by molar-refractivity contribution is 5.89. The molecule has 7 heteroatoms. The second kappa shape index (κ2) is 6.95. The number of phenolic OH excluding ortho intramolecular Hbond substituents is 1. The second-order valence-corrected chi connectivity index (χ2v) is 8.44. The van der Waals surface area contributed by atoms with Crippen LogP contribution in [0, 0.1) is 6.92 Å². The van der Waals surface area contributed by atoms with E-state index < -0.39 is 0 Å². The van der Waals surface area contributed by atoms with Crippen molar-refractivity contribution < 1.29 is 5.11 Å². The summed E-state index contributed by atoms with van der Waals surface area (Å²) < 4.78 is 1.74. The Morgan fingerprint density at radius 1 is 1.03 bits per heavy atom. The van der Waals surface area contributed by atoms with Gasteiger partial charge in [-0.3, -0.25) is 4.68 Å². The largest absolute Gasteiger partial charge is 0.507 e. The molecule has 2 aromatic heterocycles. The fourth-order valence-corrected chi connectivity index (χ4v) is 4.49. The lowest BCUT2D eigenvalue weighted by molar-refractivity contribution is 0.407. The van der Waals surface area contributed by atoms with Crippen LogP contribution in [-0.4, -0.2) is 50.0 Å². The Kier molecular flexibility index (Phi) is 4.36. The molecular weight excluding hydrogens is 376 g/mol. The van der Waals surface area contributed by atoms with Gasteiger partial charge in [-0.25, -0.2) is 9.97 Å². The summed E-state index contributed by atoms with van der Waals surface area (Å²) in [6, 6.07) is 10.8. The van der Waals surface area contributed by atoms with Gasteiger partial charge in [0.05, 0.1) is 16.6 Å². The predicted molar refractivity (Wildman–Crippen MR) is 120 cm³/mol. The Bertz CT molecular complexity index is 1250. The van der Waals surface area contributed by atoms with E-state index in [1.54, 1.807) is 10.7 Å². The van der Waals surface area contributed by atoms with Crippen molar-refractivity contribution in [2.75, 3.05) is 18.0 Å². The molecule has 0 bridgehead atoms. The highest BCUT2D eigenvalue weighted by atomic mass is 16.3. The summed E-state index contributed by atoms with van der Waals surface area (Å²) in [4.78, 5) is 11.9. The zero-order valence-electron chi connectivity index (χ0n) is 17.7. The van der Waals surface area contributed by atoms with E-state index in [0.29, 0.717) is 23.5 Å². The molecule has 0 amide bonds. The first kappa shape index (κ1) is 18.8. The van der Waals surface area contributed by atoms with Gasteiger partial charge in [-0.15, -0.1) is 0 Å². The van der Waals surface area contributed by atoms with Gasteiger partial charge < -0.3 is 15.3 Å². The molecule has 1 fully saturated rings. The molecular formula is C23H26N6O. The van der Waals surface area contributed by atoms with Crippen LogP contribution in [0.5, 0.6) is 5.75 Å². The Morgan fingerprint density at radius 2 is 1.80 bits per heavy atom. The molecule has 2 atom stereocenters. The maximum atomic E-state index is 10.6. The number of piperazine rings is 1. The van der Waals surface area contributed by atoms with Gasteiger partial charge in [-0.2, -0.15) is 5.10 Å². The minimum atomic E-state index is 0.139. The Hall–Kier alpha value is -3.19. The summed E-state index contributed by atoms with van der Waals surface area (Å²) in [6.45, 7) is 8.39. The van der Waals surface area contributed by atoms with Crippen molar-refractivity contribution in [3.05, 3.63) is 42.2 Å². The number of hydrogen-bond acceptors (Lipinski definition) is 6. The number of fused-ring (bicyclic) bond motifs is 2. The molecule has 2 N–H and O–H groups in total. The lowest BCUT2D eigenvalue weighted by Crippen LogP contribution is -2.54. The van der Waals surface area contributed by atoms with Gasteiger partial charge >= 0.3 is 0 Å². The van der Waals surface area contributed by atoms with Crippen LogP contribution in [0.25, 0.3) is 33.2 Å². The molecule has 3 heterocycles.